The van der Waals surface area contributed by atoms with Crippen molar-refractivity contribution < 1.29 is 66.9 Å². The molecule has 18 nitrogen and oxygen atoms in total. The SMILES string of the molecule is O=C(O)CCOCCOCCOCCOCCOCCOCCOCCOCCOCCCc1cccc(C(=O)Nc2ccc(N3CCCCC3)cc2C(=O)Nc2ccc(-c3ccc(OC4CCCCC4)nc3)cc2)c1. The highest BCUT2D eigenvalue weighted by atomic mass is 16.6. The fourth-order valence-electron chi connectivity index (χ4n) is 8.56. The van der Waals surface area contributed by atoms with Crippen LogP contribution in [-0.4, -0.2) is 166 Å². The minimum absolute atomic E-state index is 0.0125. The van der Waals surface area contributed by atoms with Crippen molar-refractivity contribution >= 4 is 34.8 Å². The second-order valence-electron chi connectivity index (χ2n) is 18.5. The van der Waals surface area contributed by atoms with Gasteiger partial charge < -0.3 is 68.0 Å². The van der Waals surface area contributed by atoms with Crippen LogP contribution in [0.15, 0.2) is 85.1 Å². The van der Waals surface area contributed by atoms with Crippen LogP contribution in [0, 0.1) is 0 Å². The first kappa shape index (κ1) is 59.7. The van der Waals surface area contributed by atoms with Gasteiger partial charge >= 0.3 is 5.97 Å². The summed E-state index contributed by atoms with van der Waals surface area (Å²) in [6.07, 6.45) is 12.8. The highest BCUT2D eigenvalue weighted by molar-refractivity contribution is 6.13. The number of aromatic nitrogens is 1. The standard InChI is InChI=1S/C58H80N4O14/c63-56(64)22-26-68-28-30-70-32-34-72-36-38-74-40-42-75-41-39-73-37-35-71-33-31-69-29-27-67-25-8-10-46-9-7-11-48(43-46)57(65)61-54-20-19-51(62-23-5-2-6-24-62)44-53(54)58(66)60-50-17-14-47(15-18-50)49-16-21-55(59-45-49)76-52-12-3-1-4-13-52/h7,9,11,14-21,43-45,52H,1-6,8,10,12-13,22-42H2,(H,60,66)(H,61,65)(H,63,64). The maximum absolute atomic E-state index is 14.0. The number of ether oxygens (including phenoxy) is 10. The Morgan fingerprint density at radius 3 is 1.63 bits per heavy atom. The molecule has 0 unspecified atom stereocenters. The van der Waals surface area contributed by atoms with Gasteiger partial charge in [-0.2, -0.15) is 0 Å². The molecular weight excluding hydrogens is 977 g/mol. The minimum atomic E-state index is -0.881. The summed E-state index contributed by atoms with van der Waals surface area (Å²) in [6, 6.07) is 24.9. The molecule has 1 aliphatic heterocycles. The van der Waals surface area contributed by atoms with E-state index in [1.54, 1.807) is 6.07 Å². The van der Waals surface area contributed by atoms with E-state index < -0.39 is 5.97 Å². The number of aryl methyl sites for hydroxylation is 1. The van der Waals surface area contributed by atoms with Gasteiger partial charge in [0.15, 0.2) is 0 Å². The molecule has 6 rings (SSSR count). The lowest BCUT2D eigenvalue weighted by atomic mass is 9.98. The van der Waals surface area contributed by atoms with Crippen molar-refractivity contribution in [2.75, 3.05) is 148 Å². The number of carboxylic acid groups (broad SMARTS) is 1. The first-order valence-electron chi connectivity index (χ1n) is 27.2. The number of carbonyl (C=O) groups excluding carboxylic acids is 2. The van der Waals surface area contributed by atoms with Crippen LogP contribution >= 0.6 is 0 Å². The van der Waals surface area contributed by atoms with Crippen LogP contribution < -0.4 is 20.3 Å². The number of pyridine rings is 1. The number of piperidine rings is 1. The average Bonchev–Trinajstić information content (AvgIpc) is 3.45. The van der Waals surface area contributed by atoms with Crippen molar-refractivity contribution in [3.8, 4) is 17.0 Å². The van der Waals surface area contributed by atoms with Gasteiger partial charge in [0.05, 0.1) is 130 Å². The molecule has 416 valence electrons. The van der Waals surface area contributed by atoms with Crippen LogP contribution in [0.1, 0.15) is 90.5 Å². The predicted molar refractivity (Wildman–Crippen MR) is 290 cm³/mol. The Labute approximate surface area is 448 Å². The average molecular weight is 1060 g/mol. The van der Waals surface area contributed by atoms with Crippen molar-refractivity contribution in [3.05, 3.63) is 102 Å². The number of amides is 2. The molecule has 2 aliphatic rings. The van der Waals surface area contributed by atoms with Gasteiger partial charge in [-0.15, -0.1) is 0 Å². The molecule has 3 aromatic carbocycles. The molecule has 0 bridgehead atoms. The lowest BCUT2D eigenvalue weighted by Crippen LogP contribution is -2.29. The molecule has 1 saturated heterocycles. The molecule has 0 spiro atoms. The number of anilines is 3. The molecule has 2 heterocycles. The van der Waals surface area contributed by atoms with Crippen LogP contribution in [-0.2, 0) is 53.8 Å². The number of nitrogens with one attached hydrogen (secondary N) is 2. The van der Waals surface area contributed by atoms with Crippen molar-refractivity contribution in [3.63, 3.8) is 0 Å². The van der Waals surface area contributed by atoms with E-state index in [-0.39, 0.29) is 30.9 Å². The highest BCUT2D eigenvalue weighted by Gasteiger charge is 2.20. The van der Waals surface area contributed by atoms with E-state index in [1.165, 1.54) is 25.7 Å². The summed E-state index contributed by atoms with van der Waals surface area (Å²) in [6.45, 7) is 9.76. The van der Waals surface area contributed by atoms with E-state index in [0.29, 0.717) is 141 Å². The molecule has 2 amide bonds. The van der Waals surface area contributed by atoms with E-state index in [4.69, 9.17) is 52.5 Å². The summed E-state index contributed by atoms with van der Waals surface area (Å²) >= 11 is 0. The molecule has 1 aliphatic carbocycles. The third kappa shape index (κ3) is 23.8. The summed E-state index contributed by atoms with van der Waals surface area (Å²) in [5, 5.41) is 14.7. The predicted octanol–water partition coefficient (Wildman–Crippen LogP) is 8.51. The van der Waals surface area contributed by atoms with Crippen LogP contribution in [0.3, 0.4) is 0 Å². The molecule has 1 saturated carbocycles. The lowest BCUT2D eigenvalue weighted by Gasteiger charge is -2.29. The lowest BCUT2D eigenvalue weighted by molar-refractivity contribution is -0.138. The number of carboxylic acids is 1. The Morgan fingerprint density at radius 1 is 0.539 bits per heavy atom. The van der Waals surface area contributed by atoms with Gasteiger partial charge in [-0.25, -0.2) is 4.98 Å². The molecule has 0 atom stereocenters. The van der Waals surface area contributed by atoms with E-state index >= 15 is 0 Å². The number of hydrogen-bond donors (Lipinski definition) is 3. The molecule has 76 heavy (non-hydrogen) atoms. The van der Waals surface area contributed by atoms with Gasteiger partial charge in [0.2, 0.25) is 5.88 Å². The van der Waals surface area contributed by atoms with Crippen LogP contribution in [0.5, 0.6) is 5.88 Å². The molecular formula is C58H80N4O14. The number of hydrogen-bond acceptors (Lipinski definition) is 15. The first-order chi connectivity index (χ1) is 37.4. The summed E-state index contributed by atoms with van der Waals surface area (Å²) in [5.41, 5.74) is 5.90. The van der Waals surface area contributed by atoms with Crippen molar-refractivity contribution in [2.24, 2.45) is 0 Å². The second-order valence-corrected chi connectivity index (χ2v) is 18.5. The number of rotatable bonds is 39. The number of aliphatic carboxylic acids is 1. The number of nitrogens with zero attached hydrogens (tertiary/aromatic N) is 2. The fourth-order valence-corrected chi connectivity index (χ4v) is 8.56. The van der Waals surface area contributed by atoms with Gasteiger partial charge in [0.1, 0.15) is 6.10 Å². The zero-order valence-electron chi connectivity index (χ0n) is 44.2. The number of benzene rings is 3. The Balaban J connectivity index is 0.794. The summed E-state index contributed by atoms with van der Waals surface area (Å²) < 4.78 is 55.6. The van der Waals surface area contributed by atoms with E-state index in [2.05, 4.69) is 20.5 Å². The maximum atomic E-state index is 14.0. The van der Waals surface area contributed by atoms with Crippen molar-refractivity contribution in [1.82, 2.24) is 4.98 Å². The Hall–Kier alpha value is -5.54. The first-order valence-corrected chi connectivity index (χ1v) is 27.2. The zero-order valence-corrected chi connectivity index (χ0v) is 44.2. The largest absolute Gasteiger partial charge is 0.481 e. The highest BCUT2D eigenvalue weighted by Crippen LogP contribution is 2.29. The minimum Gasteiger partial charge on any atom is -0.481 e. The van der Waals surface area contributed by atoms with E-state index in [0.717, 1.165) is 74.0 Å². The van der Waals surface area contributed by atoms with Gasteiger partial charge in [-0.1, -0.05) is 30.7 Å². The van der Waals surface area contributed by atoms with Gasteiger partial charge in [0.25, 0.3) is 11.8 Å². The van der Waals surface area contributed by atoms with E-state index in [9.17, 15) is 14.4 Å². The zero-order chi connectivity index (χ0) is 53.1. The molecule has 1 aromatic heterocycles. The summed E-state index contributed by atoms with van der Waals surface area (Å²) in [7, 11) is 0. The topological polar surface area (TPSA) is 204 Å². The molecule has 2 fully saturated rings. The van der Waals surface area contributed by atoms with Crippen LogP contribution in [0.4, 0.5) is 17.1 Å². The van der Waals surface area contributed by atoms with Gasteiger partial charge in [-0.05, 0) is 117 Å². The van der Waals surface area contributed by atoms with Crippen molar-refractivity contribution in [1.29, 1.82) is 0 Å². The summed E-state index contributed by atoms with van der Waals surface area (Å²) in [5.74, 6) is -0.829. The van der Waals surface area contributed by atoms with E-state index in [1.807, 2.05) is 79.0 Å². The smallest absolute Gasteiger partial charge is 0.305 e. The van der Waals surface area contributed by atoms with Crippen LogP contribution in [0.2, 0.25) is 0 Å². The third-order valence-corrected chi connectivity index (χ3v) is 12.6. The quantitative estimate of drug-likeness (QED) is 0.0359. The third-order valence-electron chi connectivity index (χ3n) is 12.6. The van der Waals surface area contributed by atoms with Gasteiger partial charge in [0, 0.05) is 54.5 Å². The molecule has 3 N–H and O–H groups in total. The summed E-state index contributed by atoms with van der Waals surface area (Å²) in [4.78, 5) is 45.1. The Kier molecular flexibility index (Phi) is 28.7. The normalized spacial score (nSPS) is 13.9. The van der Waals surface area contributed by atoms with Crippen molar-refractivity contribution in [2.45, 2.75) is 76.7 Å². The molecule has 4 aromatic rings. The molecule has 0 radical (unpaired) electrons. The molecule has 18 heteroatoms. The second kappa shape index (κ2) is 36.5. The number of carbonyl (C=O) groups is 3. The van der Waals surface area contributed by atoms with Crippen LogP contribution in [0.25, 0.3) is 11.1 Å². The monoisotopic (exact) mass is 1060 g/mol. The fraction of sp³-hybridized carbons (Fsp3) is 0.552. The Bertz CT molecular complexity index is 2240. The van der Waals surface area contributed by atoms with Gasteiger partial charge in [-0.3, -0.25) is 14.4 Å². The maximum Gasteiger partial charge on any atom is 0.305 e. The Morgan fingerprint density at radius 2 is 1.08 bits per heavy atom.